The van der Waals surface area contributed by atoms with Crippen molar-refractivity contribution in [3.05, 3.63) is 48.3 Å². The van der Waals surface area contributed by atoms with Crippen molar-refractivity contribution in [2.24, 2.45) is 0 Å². The number of anilines is 1. The zero-order valence-corrected chi connectivity index (χ0v) is 10.3. The van der Waals surface area contributed by atoms with Crippen molar-refractivity contribution in [2.75, 3.05) is 5.73 Å². The highest BCUT2D eigenvalue weighted by atomic mass is 15.1. The zero-order chi connectivity index (χ0) is 12.4. The Kier molecular flexibility index (Phi) is 3.00. The number of allylic oxidation sites excluding steroid dienone is 1. The van der Waals surface area contributed by atoms with Crippen molar-refractivity contribution in [3.8, 4) is 11.3 Å². The third-order valence-corrected chi connectivity index (χ3v) is 2.85. The van der Waals surface area contributed by atoms with Crippen LogP contribution in [0.1, 0.15) is 11.1 Å². The fourth-order valence-corrected chi connectivity index (χ4v) is 1.87. The van der Waals surface area contributed by atoms with Crippen molar-refractivity contribution in [1.82, 2.24) is 9.55 Å². The molecule has 2 N–H and O–H groups in total. The van der Waals surface area contributed by atoms with Gasteiger partial charge >= 0.3 is 0 Å². The normalized spacial score (nSPS) is 10.5. The minimum atomic E-state index is 0.684. The molecule has 0 radical (unpaired) electrons. The Bertz CT molecular complexity index is 553. The Hall–Kier alpha value is -2.03. The molecule has 0 aliphatic rings. The van der Waals surface area contributed by atoms with Crippen LogP contribution in [0, 0.1) is 13.8 Å². The van der Waals surface area contributed by atoms with Crippen LogP contribution < -0.4 is 5.73 Å². The molecule has 1 aromatic heterocycles. The molecule has 0 spiro atoms. The average molecular weight is 227 g/mol. The van der Waals surface area contributed by atoms with Gasteiger partial charge in [0, 0.05) is 12.1 Å². The molecule has 0 amide bonds. The smallest absolute Gasteiger partial charge is 0.131 e. The van der Waals surface area contributed by atoms with E-state index in [9.17, 15) is 0 Å². The van der Waals surface area contributed by atoms with Crippen LogP contribution in [0.15, 0.2) is 37.2 Å². The van der Waals surface area contributed by atoms with Crippen molar-refractivity contribution in [2.45, 2.75) is 20.4 Å². The quantitative estimate of drug-likeness (QED) is 0.819. The maximum atomic E-state index is 6.09. The van der Waals surface area contributed by atoms with Crippen molar-refractivity contribution in [1.29, 1.82) is 0 Å². The van der Waals surface area contributed by atoms with E-state index in [-0.39, 0.29) is 0 Å². The van der Waals surface area contributed by atoms with E-state index >= 15 is 0 Å². The number of rotatable bonds is 3. The first-order valence-electron chi connectivity index (χ1n) is 5.62. The monoisotopic (exact) mass is 227 g/mol. The summed E-state index contributed by atoms with van der Waals surface area (Å²) in [7, 11) is 0. The molecule has 88 valence electrons. The number of hydrogen-bond donors (Lipinski definition) is 1. The highest BCUT2D eigenvalue weighted by Gasteiger charge is 2.11. The summed E-state index contributed by atoms with van der Waals surface area (Å²) in [5.41, 5.74) is 10.4. The van der Waals surface area contributed by atoms with Crippen LogP contribution in [0.5, 0.6) is 0 Å². The van der Waals surface area contributed by atoms with E-state index in [0.29, 0.717) is 12.4 Å². The highest BCUT2D eigenvalue weighted by Crippen LogP contribution is 2.28. The van der Waals surface area contributed by atoms with Crippen LogP contribution >= 0.6 is 0 Å². The van der Waals surface area contributed by atoms with Crippen LogP contribution in [0.2, 0.25) is 0 Å². The number of imidazole rings is 1. The van der Waals surface area contributed by atoms with Gasteiger partial charge in [0.15, 0.2) is 0 Å². The van der Waals surface area contributed by atoms with Gasteiger partial charge in [-0.3, -0.25) is 0 Å². The highest BCUT2D eigenvalue weighted by molar-refractivity contribution is 5.73. The molecule has 3 heteroatoms. The number of nitrogens with two attached hydrogens (primary N) is 1. The van der Waals surface area contributed by atoms with Gasteiger partial charge in [0.25, 0.3) is 0 Å². The molecule has 0 aliphatic heterocycles. The number of nitrogen functional groups attached to an aromatic ring is 1. The summed E-state index contributed by atoms with van der Waals surface area (Å²) >= 11 is 0. The lowest BCUT2D eigenvalue weighted by molar-refractivity contribution is 0.833. The van der Waals surface area contributed by atoms with Crippen LogP contribution in [-0.2, 0) is 6.54 Å². The van der Waals surface area contributed by atoms with E-state index in [0.717, 1.165) is 11.3 Å². The predicted octanol–water partition coefficient (Wildman–Crippen LogP) is 2.94. The zero-order valence-electron chi connectivity index (χ0n) is 10.3. The van der Waals surface area contributed by atoms with Crippen LogP contribution in [0.3, 0.4) is 0 Å². The lowest BCUT2D eigenvalue weighted by Crippen LogP contribution is -2.00. The molecule has 0 bridgehead atoms. The molecule has 1 heterocycles. The Morgan fingerprint density at radius 1 is 1.41 bits per heavy atom. The molecular weight excluding hydrogens is 210 g/mol. The van der Waals surface area contributed by atoms with Crippen LogP contribution in [-0.4, -0.2) is 9.55 Å². The minimum Gasteiger partial charge on any atom is -0.383 e. The summed E-state index contributed by atoms with van der Waals surface area (Å²) in [6.07, 6.45) is 3.57. The Morgan fingerprint density at radius 3 is 2.88 bits per heavy atom. The molecule has 0 fully saturated rings. The lowest BCUT2D eigenvalue weighted by Gasteiger charge is -2.06. The summed E-state index contributed by atoms with van der Waals surface area (Å²) in [5.74, 6) is 0.693. The van der Waals surface area contributed by atoms with Gasteiger partial charge < -0.3 is 10.3 Å². The van der Waals surface area contributed by atoms with Gasteiger partial charge in [0.2, 0.25) is 0 Å². The van der Waals surface area contributed by atoms with Gasteiger partial charge in [-0.05, 0) is 25.5 Å². The Balaban J connectivity index is 2.53. The molecule has 17 heavy (non-hydrogen) atoms. The topological polar surface area (TPSA) is 43.8 Å². The first-order chi connectivity index (χ1) is 8.13. The van der Waals surface area contributed by atoms with Gasteiger partial charge in [-0.15, -0.1) is 6.58 Å². The number of nitrogens with zero attached hydrogens (tertiary/aromatic N) is 2. The lowest BCUT2D eigenvalue weighted by atomic mass is 10.0. The van der Waals surface area contributed by atoms with Gasteiger partial charge in [0.1, 0.15) is 11.5 Å². The van der Waals surface area contributed by atoms with E-state index in [4.69, 9.17) is 5.73 Å². The molecule has 1 aromatic carbocycles. The molecule has 0 aliphatic carbocycles. The predicted molar refractivity (Wildman–Crippen MR) is 71.7 cm³/mol. The van der Waals surface area contributed by atoms with Crippen LogP contribution in [0.4, 0.5) is 5.82 Å². The first kappa shape index (κ1) is 11.5. The van der Waals surface area contributed by atoms with Gasteiger partial charge in [0.05, 0.1) is 6.33 Å². The molecule has 0 atom stereocenters. The summed E-state index contributed by atoms with van der Waals surface area (Å²) in [6, 6.07) is 6.30. The molecule has 3 nitrogen and oxygen atoms in total. The van der Waals surface area contributed by atoms with E-state index in [1.807, 2.05) is 10.6 Å². The second kappa shape index (κ2) is 4.45. The second-order valence-corrected chi connectivity index (χ2v) is 4.24. The fraction of sp³-hybridized carbons (Fsp3) is 0.214. The fourth-order valence-electron chi connectivity index (χ4n) is 1.87. The summed E-state index contributed by atoms with van der Waals surface area (Å²) in [4.78, 5) is 4.40. The van der Waals surface area contributed by atoms with Crippen molar-refractivity contribution < 1.29 is 0 Å². The van der Waals surface area contributed by atoms with Gasteiger partial charge in [-0.2, -0.15) is 0 Å². The maximum absolute atomic E-state index is 6.09. The van der Waals surface area contributed by atoms with Crippen molar-refractivity contribution >= 4 is 5.82 Å². The molecule has 2 aromatic rings. The molecule has 0 unspecified atom stereocenters. The van der Waals surface area contributed by atoms with Gasteiger partial charge in [-0.25, -0.2) is 4.98 Å². The van der Waals surface area contributed by atoms with E-state index in [1.54, 1.807) is 6.33 Å². The number of aryl methyl sites for hydroxylation is 2. The summed E-state index contributed by atoms with van der Waals surface area (Å²) in [5, 5.41) is 0. The van der Waals surface area contributed by atoms with Crippen molar-refractivity contribution in [3.63, 3.8) is 0 Å². The molecular formula is C14H17N3. The number of hydrogen-bond acceptors (Lipinski definition) is 2. The largest absolute Gasteiger partial charge is 0.383 e. The van der Waals surface area contributed by atoms with Crippen LogP contribution in [0.25, 0.3) is 11.3 Å². The summed E-state index contributed by atoms with van der Waals surface area (Å²) < 4.78 is 1.89. The van der Waals surface area contributed by atoms with E-state index in [1.165, 1.54) is 11.1 Å². The standard InChI is InChI=1S/C14H17N3/c1-4-7-17-9-16-13(14(17)15)12-8-10(2)5-6-11(12)3/h4-6,8-9H,1,7,15H2,2-3H3. The van der Waals surface area contributed by atoms with Gasteiger partial charge in [-0.1, -0.05) is 23.8 Å². The second-order valence-electron chi connectivity index (χ2n) is 4.24. The molecule has 2 rings (SSSR count). The van der Waals surface area contributed by atoms with E-state index < -0.39 is 0 Å². The number of aromatic nitrogens is 2. The SMILES string of the molecule is C=CCn1cnc(-c2cc(C)ccc2C)c1N. The molecule has 0 saturated carbocycles. The summed E-state index contributed by atoms with van der Waals surface area (Å²) in [6.45, 7) is 8.53. The van der Waals surface area contributed by atoms with E-state index in [2.05, 4.69) is 43.6 Å². The first-order valence-corrected chi connectivity index (χ1v) is 5.62. The minimum absolute atomic E-state index is 0.684. The Labute approximate surface area is 102 Å². The Morgan fingerprint density at radius 2 is 2.18 bits per heavy atom. The number of benzene rings is 1. The third kappa shape index (κ3) is 2.09. The average Bonchev–Trinajstić information content (AvgIpc) is 2.65. The maximum Gasteiger partial charge on any atom is 0.131 e. The molecule has 0 saturated heterocycles. The third-order valence-electron chi connectivity index (χ3n) is 2.85.